The highest BCUT2D eigenvalue weighted by atomic mass is 32.2. The monoisotopic (exact) mass is 424 g/mol. The molecule has 1 atom stereocenters. The summed E-state index contributed by atoms with van der Waals surface area (Å²) in [6.07, 6.45) is 0. The summed E-state index contributed by atoms with van der Waals surface area (Å²) in [4.78, 5) is 27.2. The van der Waals surface area contributed by atoms with E-state index in [1.165, 1.54) is 11.3 Å². The number of thioether (sulfide) groups is 1. The first-order valence-corrected chi connectivity index (χ1v) is 11.4. The maximum atomic E-state index is 12.8. The Hall–Kier alpha value is -2.42. The van der Waals surface area contributed by atoms with Crippen LogP contribution in [0.3, 0.4) is 0 Å². The molecule has 0 aliphatic heterocycles. The highest BCUT2D eigenvalue weighted by Crippen LogP contribution is 2.37. The fraction of sp³-hybridized carbons (Fsp3) is 0.150. The van der Waals surface area contributed by atoms with Crippen LogP contribution in [-0.2, 0) is 7.05 Å². The van der Waals surface area contributed by atoms with Gasteiger partial charge in [-0.3, -0.25) is 4.79 Å². The maximum Gasteiger partial charge on any atom is 0.260 e. The van der Waals surface area contributed by atoms with Crippen molar-refractivity contribution in [3.05, 3.63) is 63.3 Å². The Morgan fingerprint density at radius 3 is 2.79 bits per heavy atom. The lowest BCUT2D eigenvalue weighted by Gasteiger charge is -2.10. The number of fused-ring (bicyclic) bond motifs is 2. The molecule has 0 fully saturated rings. The smallest absolute Gasteiger partial charge is 0.260 e. The third kappa shape index (κ3) is 2.88. The van der Waals surface area contributed by atoms with Crippen LogP contribution >= 0.6 is 34.4 Å². The summed E-state index contributed by atoms with van der Waals surface area (Å²) in [6, 6.07) is 12.1. The van der Waals surface area contributed by atoms with Gasteiger partial charge in [-0.1, -0.05) is 30.0 Å². The van der Waals surface area contributed by atoms with E-state index in [1.807, 2.05) is 55.1 Å². The number of hydrogen-bond donors (Lipinski definition) is 1. The highest BCUT2D eigenvalue weighted by Gasteiger charge is 2.19. The molecule has 5 aromatic rings. The number of imidazole rings is 1. The summed E-state index contributed by atoms with van der Waals surface area (Å²) in [5.41, 5.74) is 2.94. The lowest BCUT2D eigenvalue weighted by molar-refractivity contribution is 0.806. The number of thiophene rings is 2. The van der Waals surface area contributed by atoms with Crippen molar-refractivity contribution in [3.8, 4) is 10.4 Å². The van der Waals surface area contributed by atoms with Crippen LogP contribution in [0.1, 0.15) is 18.0 Å². The Balaban J connectivity index is 1.52. The zero-order valence-corrected chi connectivity index (χ0v) is 17.6. The molecule has 0 aliphatic rings. The molecule has 4 aromatic heterocycles. The first-order chi connectivity index (χ1) is 13.6. The summed E-state index contributed by atoms with van der Waals surface area (Å²) in [5, 5.41) is 5.59. The third-order valence-corrected chi connectivity index (χ3v) is 7.59. The van der Waals surface area contributed by atoms with E-state index in [0.29, 0.717) is 11.2 Å². The third-order valence-electron chi connectivity index (χ3n) is 4.66. The molecule has 1 unspecified atom stereocenters. The van der Waals surface area contributed by atoms with Gasteiger partial charge in [-0.25, -0.2) is 9.97 Å². The largest absolute Gasteiger partial charge is 0.322 e. The van der Waals surface area contributed by atoms with E-state index in [4.69, 9.17) is 9.97 Å². The summed E-state index contributed by atoms with van der Waals surface area (Å²) in [6.45, 7) is 2.04. The molecule has 0 amide bonds. The summed E-state index contributed by atoms with van der Waals surface area (Å²) < 4.78 is 2.08. The van der Waals surface area contributed by atoms with Crippen molar-refractivity contribution in [1.29, 1.82) is 0 Å². The van der Waals surface area contributed by atoms with Gasteiger partial charge < -0.3 is 9.55 Å². The van der Waals surface area contributed by atoms with Crippen molar-refractivity contribution in [2.75, 3.05) is 0 Å². The fourth-order valence-electron chi connectivity index (χ4n) is 3.21. The number of nitrogens with zero attached hydrogens (tertiary/aromatic N) is 3. The molecule has 0 aliphatic carbocycles. The predicted molar refractivity (Wildman–Crippen MR) is 119 cm³/mol. The van der Waals surface area contributed by atoms with Crippen molar-refractivity contribution in [2.24, 2.45) is 7.05 Å². The predicted octanol–water partition coefficient (Wildman–Crippen LogP) is 5.45. The lowest BCUT2D eigenvalue weighted by Crippen LogP contribution is -2.12. The second-order valence-corrected chi connectivity index (χ2v) is 9.57. The van der Waals surface area contributed by atoms with Crippen LogP contribution in [0.2, 0.25) is 0 Å². The van der Waals surface area contributed by atoms with Crippen molar-refractivity contribution in [3.63, 3.8) is 0 Å². The minimum atomic E-state index is -0.0814. The molecule has 0 saturated heterocycles. The summed E-state index contributed by atoms with van der Waals surface area (Å²) in [7, 11) is 2.01. The summed E-state index contributed by atoms with van der Waals surface area (Å²) in [5.74, 6) is 0.675. The topological polar surface area (TPSA) is 63.6 Å². The van der Waals surface area contributed by atoms with Crippen LogP contribution in [0.25, 0.3) is 31.7 Å². The van der Waals surface area contributed by atoms with E-state index >= 15 is 0 Å². The Morgan fingerprint density at radius 1 is 1.14 bits per heavy atom. The maximum absolute atomic E-state index is 12.8. The normalized spacial score (nSPS) is 12.8. The minimum Gasteiger partial charge on any atom is -0.322 e. The Bertz CT molecular complexity index is 1350. The van der Waals surface area contributed by atoms with Crippen LogP contribution in [0.5, 0.6) is 0 Å². The molecule has 8 heteroatoms. The van der Waals surface area contributed by atoms with E-state index in [2.05, 4.69) is 15.6 Å². The molecule has 140 valence electrons. The van der Waals surface area contributed by atoms with Gasteiger partial charge in [0.05, 0.1) is 21.7 Å². The van der Waals surface area contributed by atoms with Gasteiger partial charge in [-0.15, -0.1) is 22.7 Å². The molecule has 0 saturated carbocycles. The first kappa shape index (κ1) is 17.7. The van der Waals surface area contributed by atoms with Crippen molar-refractivity contribution in [1.82, 2.24) is 19.5 Å². The van der Waals surface area contributed by atoms with Crippen molar-refractivity contribution < 1.29 is 0 Å². The van der Waals surface area contributed by atoms with Gasteiger partial charge >= 0.3 is 0 Å². The Morgan fingerprint density at radius 2 is 2.00 bits per heavy atom. The number of para-hydroxylation sites is 2. The molecule has 1 N–H and O–H groups in total. The van der Waals surface area contributed by atoms with Gasteiger partial charge in [0.25, 0.3) is 5.56 Å². The first-order valence-electron chi connectivity index (χ1n) is 8.75. The number of aromatic nitrogens is 4. The molecule has 0 bridgehead atoms. The van der Waals surface area contributed by atoms with E-state index in [9.17, 15) is 4.79 Å². The van der Waals surface area contributed by atoms with Gasteiger partial charge in [-0.2, -0.15) is 0 Å². The van der Waals surface area contributed by atoms with Crippen LogP contribution < -0.4 is 5.56 Å². The molecular formula is C20H16N4OS3. The molecule has 1 aromatic carbocycles. The minimum absolute atomic E-state index is 0.0279. The quantitative estimate of drug-likeness (QED) is 0.390. The number of hydrogen-bond acceptors (Lipinski definition) is 6. The van der Waals surface area contributed by atoms with E-state index in [0.717, 1.165) is 31.5 Å². The number of nitrogens with one attached hydrogen (secondary N) is 1. The van der Waals surface area contributed by atoms with Crippen LogP contribution in [-0.4, -0.2) is 19.5 Å². The Kier molecular flexibility index (Phi) is 4.34. The number of H-pyrrole nitrogens is 1. The molecule has 28 heavy (non-hydrogen) atoms. The molecular weight excluding hydrogens is 408 g/mol. The van der Waals surface area contributed by atoms with Gasteiger partial charge in [0, 0.05) is 22.9 Å². The van der Waals surface area contributed by atoms with Gasteiger partial charge in [-0.05, 0) is 30.5 Å². The summed E-state index contributed by atoms with van der Waals surface area (Å²) >= 11 is 4.74. The molecule has 4 heterocycles. The van der Waals surface area contributed by atoms with Gasteiger partial charge in [0.15, 0.2) is 5.16 Å². The standard InChI is InChI=1S/C20H16N4OS3/c1-11(28-20-21-13-6-3-4-7-14(13)24(20)2)17-22-18(25)16-12(10-27-19(16)23-17)15-8-5-9-26-15/h3-11H,1-2H3,(H,22,23,25). The number of rotatable bonds is 4. The van der Waals surface area contributed by atoms with Crippen LogP contribution in [0.4, 0.5) is 0 Å². The Labute approximate surface area is 173 Å². The highest BCUT2D eigenvalue weighted by molar-refractivity contribution is 7.99. The second-order valence-electron chi connectivity index (χ2n) is 6.46. The van der Waals surface area contributed by atoms with Crippen molar-refractivity contribution >= 4 is 55.7 Å². The van der Waals surface area contributed by atoms with Crippen molar-refractivity contribution in [2.45, 2.75) is 17.3 Å². The fourth-order valence-corrected chi connectivity index (χ4v) is 5.93. The van der Waals surface area contributed by atoms with E-state index in [1.54, 1.807) is 23.1 Å². The average Bonchev–Trinajstić information content (AvgIpc) is 3.41. The van der Waals surface area contributed by atoms with E-state index in [-0.39, 0.29) is 10.8 Å². The van der Waals surface area contributed by atoms with E-state index < -0.39 is 0 Å². The SMILES string of the molecule is CC(Sc1nc2ccccc2n1C)c1nc2scc(-c3cccs3)c2c(=O)[nH]1. The number of aryl methyl sites for hydroxylation is 1. The second kappa shape index (κ2) is 6.88. The zero-order chi connectivity index (χ0) is 19.3. The number of aromatic amines is 1. The lowest BCUT2D eigenvalue weighted by atomic mass is 10.2. The molecule has 0 radical (unpaired) electrons. The van der Waals surface area contributed by atoms with Gasteiger partial charge in [0.1, 0.15) is 10.7 Å². The molecule has 5 nitrogen and oxygen atoms in total. The van der Waals surface area contributed by atoms with Crippen LogP contribution in [0, 0.1) is 0 Å². The zero-order valence-electron chi connectivity index (χ0n) is 15.2. The van der Waals surface area contributed by atoms with Crippen LogP contribution in [0.15, 0.2) is 57.1 Å². The number of benzene rings is 1. The average molecular weight is 425 g/mol. The molecule has 5 rings (SSSR count). The van der Waals surface area contributed by atoms with Gasteiger partial charge in [0.2, 0.25) is 0 Å². The molecule has 0 spiro atoms.